The van der Waals surface area contributed by atoms with Gasteiger partial charge in [-0.05, 0) is 29.8 Å². The molecule has 0 aromatic heterocycles. The van der Waals surface area contributed by atoms with Gasteiger partial charge >= 0.3 is 0 Å². The summed E-state index contributed by atoms with van der Waals surface area (Å²) in [5.74, 6) is -1.18. The number of ketones is 1. The standard InChI is InChI=1S/C22H22F2N2O5/c23-15-7-14(8-16(24)9-15)12-26-5-3-22(4-6-26)11-19(27)18-2-1-17(10-20(18)31-22)30-13-21(28)25-29/h1-2,7-10,29H,3-6,11-13H2,(H,25,28). The molecule has 0 saturated carbocycles. The lowest BCUT2D eigenvalue weighted by Gasteiger charge is -2.44. The topological polar surface area (TPSA) is 88.1 Å². The van der Waals surface area contributed by atoms with Gasteiger partial charge in [0, 0.05) is 44.6 Å². The summed E-state index contributed by atoms with van der Waals surface area (Å²) >= 11 is 0. The van der Waals surface area contributed by atoms with Crippen LogP contribution < -0.4 is 15.0 Å². The number of hydrogen-bond donors (Lipinski definition) is 2. The van der Waals surface area contributed by atoms with Gasteiger partial charge in [-0.1, -0.05) is 0 Å². The Kier molecular flexibility index (Phi) is 5.88. The Morgan fingerprint density at radius 1 is 1.16 bits per heavy atom. The Labute approximate surface area is 177 Å². The van der Waals surface area contributed by atoms with E-state index in [0.29, 0.717) is 55.1 Å². The van der Waals surface area contributed by atoms with E-state index in [0.717, 1.165) is 6.07 Å². The molecule has 4 rings (SSSR count). The number of carbonyl (C=O) groups excluding carboxylic acids is 2. The lowest BCUT2D eigenvalue weighted by atomic mass is 9.82. The highest BCUT2D eigenvalue weighted by molar-refractivity contribution is 6.00. The van der Waals surface area contributed by atoms with Crippen LogP contribution in [-0.4, -0.2) is 47.1 Å². The zero-order chi connectivity index (χ0) is 22.0. The number of rotatable bonds is 5. The SMILES string of the molecule is O=C(COc1ccc2c(c1)OC1(CCN(Cc3cc(F)cc(F)c3)CC1)CC2=O)NO. The van der Waals surface area contributed by atoms with Crippen molar-refractivity contribution >= 4 is 11.7 Å². The van der Waals surface area contributed by atoms with Gasteiger partial charge in [-0.2, -0.15) is 0 Å². The van der Waals surface area contributed by atoms with Crippen LogP contribution in [0.4, 0.5) is 8.78 Å². The van der Waals surface area contributed by atoms with Crippen LogP contribution >= 0.6 is 0 Å². The fraction of sp³-hybridized carbons (Fsp3) is 0.364. The summed E-state index contributed by atoms with van der Waals surface area (Å²) in [5, 5.41) is 8.56. The first-order valence-electron chi connectivity index (χ1n) is 9.95. The van der Waals surface area contributed by atoms with Crippen LogP contribution in [0.15, 0.2) is 36.4 Å². The molecule has 164 valence electrons. The van der Waals surface area contributed by atoms with Crippen molar-refractivity contribution < 1.29 is 33.1 Å². The predicted octanol–water partition coefficient (Wildman–Crippen LogP) is 2.85. The number of Topliss-reactive ketones (excluding diaryl/α,β-unsaturated/α-hetero) is 1. The molecular formula is C22H22F2N2O5. The number of ether oxygens (including phenoxy) is 2. The van der Waals surface area contributed by atoms with Gasteiger partial charge < -0.3 is 9.47 Å². The van der Waals surface area contributed by atoms with E-state index in [1.54, 1.807) is 18.2 Å². The van der Waals surface area contributed by atoms with Gasteiger partial charge in [0.2, 0.25) is 0 Å². The summed E-state index contributed by atoms with van der Waals surface area (Å²) in [7, 11) is 0. The number of benzene rings is 2. The van der Waals surface area contributed by atoms with E-state index in [9.17, 15) is 18.4 Å². The number of piperidine rings is 1. The molecule has 31 heavy (non-hydrogen) atoms. The van der Waals surface area contributed by atoms with Crippen LogP contribution in [0, 0.1) is 11.6 Å². The summed E-state index contributed by atoms with van der Waals surface area (Å²) in [6, 6.07) is 8.24. The number of carbonyl (C=O) groups is 2. The molecule has 7 nitrogen and oxygen atoms in total. The number of amides is 1. The Bertz CT molecular complexity index is 985. The maximum atomic E-state index is 13.4. The Morgan fingerprint density at radius 2 is 1.87 bits per heavy atom. The minimum Gasteiger partial charge on any atom is -0.486 e. The highest BCUT2D eigenvalue weighted by atomic mass is 19.1. The maximum absolute atomic E-state index is 13.4. The molecule has 1 fully saturated rings. The van der Waals surface area contributed by atoms with Crippen molar-refractivity contribution in [3.8, 4) is 11.5 Å². The molecule has 2 heterocycles. The average molecular weight is 432 g/mol. The van der Waals surface area contributed by atoms with Crippen molar-refractivity contribution in [2.24, 2.45) is 0 Å². The van der Waals surface area contributed by atoms with Gasteiger partial charge in [-0.3, -0.25) is 19.7 Å². The van der Waals surface area contributed by atoms with E-state index in [4.69, 9.17) is 14.7 Å². The van der Waals surface area contributed by atoms with Crippen LogP contribution in [0.3, 0.4) is 0 Å². The fourth-order valence-corrected chi connectivity index (χ4v) is 4.10. The molecule has 0 atom stereocenters. The van der Waals surface area contributed by atoms with Gasteiger partial charge in [0.05, 0.1) is 12.0 Å². The molecule has 2 aliphatic heterocycles. The van der Waals surface area contributed by atoms with Crippen molar-refractivity contribution in [2.75, 3.05) is 19.7 Å². The lowest BCUT2D eigenvalue weighted by Crippen LogP contribution is -2.50. The second kappa shape index (κ2) is 8.60. The summed E-state index contributed by atoms with van der Waals surface area (Å²) in [4.78, 5) is 25.9. The summed E-state index contributed by atoms with van der Waals surface area (Å²) in [6.45, 7) is 1.28. The molecule has 2 aromatic carbocycles. The molecule has 1 spiro atoms. The number of likely N-dealkylation sites (tertiary alicyclic amines) is 1. The first-order valence-corrected chi connectivity index (χ1v) is 9.95. The quantitative estimate of drug-likeness (QED) is 0.558. The monoisotopic (exact) mass is 432 g/mol. The number of nitrogens with zero attached hydrogens (tertiary/aromatic N) is 1. The molecule has 0 bridgehead atoms. The summed E-state index contributed by atoms with van der Waals surface area (Å²) in [6.07, 6.45) is 1.44. The lowest BCUT2D eigenvalue weighted by molar-refractivity contribution is -0.131. The smallest absolute Gasteiger partial charge is 0.281 e. The Hall–Kier alpha value is -3.04. The molecule has 0 radical (unpaired) electrons. The number of hydroxylamine groups is 1. The second-order valence-corrected chi connectivity index (χ2v) is 7.92. The average Bonchev–Trinajstić information content (AvgIpc) is 2.73. The summed E-state index contributed by atoms with van der Waals surface area (Å²) < 4.78 is 38.4. The largest absolute Gasteiger partial charge is 0.486 e. The van der Waals surface area contributed by atoms with Crippen LogP contribution in [0.2, 0.25) is 0 Å². The first kappa shape index (κ1) is 21.2. The zero-order valence-corrected chi connectivity index (χ0v) is 16.7. The molecule has 2 aromatic rings. The van der Waals surface area contributed by atoms with Crippen LogP contribution in [0.1, 0.15) is 35.2 Å². The van der Waals surface area contributed by atoms with Crippen molar-refractivity contribution in [1.82, 2.24) is 10.4 Å². The molecule has 2 N–H and O–H groups in total. The zero-order valence-electron chi connectivity index (χ0n) is 16.7. The minimum absolute atomic E-state index is 0.0263. The minimum atomic E-state index is -0.697. The van der Waals surface area contributed by atoms with Crippen molar-refractivity contribution in [1.29, 1.82) is 0 Å². The van der Waals surface area contributed by atoms with Crippen molar-refractivity contribution in [3.63, 3.8) is 0 Å². The van der Waals surface area contributed by atoms with Gasteiger partial charge in [-0.15, -0.1) is 0 Å². The van der Waals surface area contributed by atoms with Gasteiger partial charge in [0.15, 0.2) is 12.4 Å². The van der Waals surface area contributed by atoms with E-state index in [1.807, 2.05) is 0 Å². The highest BCUT2D eigenvalue weighted by Gasteiger charge is 2.43. The van der Waals surface area contributed by atoms with Crippen molar-refractivity contribution in [2.45, 2.75) is 31.4 Å². The number of nitrogens with one attached hydrogen (secondary N) is 1. The third-order valence-electron chi connectivity index (χ3n) is 5.65. The van der Waals surface area contributed by atoms with E-state index in [1.165, 1.54) is 17.6 Å². The number of fused-ring (bicyclic) bond motifs is 1. The summed E-state index contributed by atoms with van der Waals surface area (Å²) in [5.41, 5.74) is 1.86. The molecule has 9 heteroatoms. The fourth-order valence-electron chi connectivity index (χ4n) is 4.10. The molecule has 0 unspecified atom stereocenters. The van der Waals surface area contributed by atoms with Crippen molar-refractivity contribution in [3.05, 3.63) is 59.2 Å². The van der Waals surface area contributed by atoms with E-state index in [2.05, 4.69) is 4.90 Å². The number of hydrogen-bond acceptors (Lipinski definition) is 6. The number of halogens is 2. The van der Waals surface area contributed by atoms with Crippen LogP contribution in [-0.2, 0) is 11.3 Å². The molecule has 2 aliphatic rings. The molecular weight excluding hydrogens is 410 g/mol. The van der Waals surface area contributed by atoms with Gasteiger partial charge in [0.25, 0.3) is 5.91 Å². The molecule has 1 saturated heterocycles. The van der Waals surface area contributed by atoms with Gasteiger partial charge in [-0.25, -0.2) is 14.3 Å². The first-order chi connectivity index (χ1) is 14.9. The predicted molar refractivity (Wildman–Crippen MR) is 105 cm³/mol. The second-order valence-electron chi connectivity index (χ2n) is 7.92. The Morgan fingerprint density at radius 3 is 2.55 bits per heavy atom. The van der Waals surface area contributed by atoms with Crippen LogP contribution in [0.25, 0.3) is 0 Å². The highest BCUT2D eigenvalue weighted by Crippen LogP contribution is 2.41. The third-order valence-corrected chi connectivity index (χ3v) is 5.65. The van der Waals surface area contributed by atoms with E-state index >= 15 is 0 Å². The Balaban J connectivity index is 1.42. The van der Waals surface area contributed by atoms with E-state index < -0.39 is 23.1 Å². The third kappa shape index (κ3) is 4.83. The maximum Gasteiger partial charge on any atom is 0.281 e. The van der Waals surface area contributed by atoms with Gasteiger partial charge in [0.1, 0.15) is 28.7 Å². The normalized spacial score (nSPS) is 17.7. The molecule has 1 amide bonds. The van der Waals surface area contributed by atoms with Crippen LogP contribution in [0.5, 0.6) is 11.5 Å². The molecule has 0 aliphatic carbocycles. The van der Waals surface area contributed by atoms with E-state index in [-0.39, 0.29) is 18.8 Å².